The molecule has 0 atom stereocenters. The van der Waals surface area contributed by atoms with Crippen LogP contribution in [0.3, 0.4) is 0 Å². The third-order valence-corrected chi connectivity index (χ3v) is 4.26. The van der Waals surface area contributed by atoms with Crippen LogP contribution in [0, 0.1) is 0 Å². The van der Waals surface area contributed by atoms with Crippen LogP contribution < -0.4 is 0 Å². The van der Waals surface area contributed by atoms with Crippen molar-refractivity contribution in [3.05, 3.63) is 59.4 Å². The minimum atomic E-state index is 0.716. The summed E-state index contributed by atoms with van der Waals surface area (Å²) in [4.78, 5) is 4.79. The first-order valence-electron chi connectivity index (χ1n) is 7.91. The van der Waals surface area contributed by atoms with Crippen LogP contribution in [0.25, 0.3) is 16.9 Å². The van der Waals surface area contributed by atoms with E-state index in [0.29, 0.717) is 5.02 Å². The molecule has 5 nitrogen and oxygen atoms in total. The maximum atomic E-state index is 5.99. The van der Waals surface area contributed by atoms with Crippen LogP contribution in [-0.4, -0.2) is 46.9 Å². The molecule has 0 N–H and O–H groups in total. The number of rotatable bonds is 3. The van der Waals surface area contributed by atoms with Gasteiger partial charge in [0, 0.05) is 16.8 Å². The Morgan fingerprint density at radius 1 is 1.08 bits per heavy atom. The number of hydrazone groups is 1. The van der Waals surface area contributed by atoms with Gasteiger partial charge in [0.2, 0.25) is 0 Å². The van der Waals surface area contributed by atoms with Gasteiger partial charge in [0.25, 0.3) is 0 Å². The second kappa shape index (κ2) is 6.63. The summed E-state index contributed by atoms with van der Waals surface area (Å²) in [7, 11) is 0. The van der Waals surface area contributed by atoms with E-state index in [0.717, 1.165) is 48.9 Å². The van der Waals surface area contributed by atoms with E-state index in [4.69, 9.17) is 21.3 Å². The average molecular weight is 341 g/mol. The molecule has 0 spiro atoms. The van der Waals surface area contributed by atoms with Crippen LogP contribution in [0.4, 0.5) is 0 Å². The number of hydrogen-bond acceptors (Lipinski definition) is 4. The molecule has 1 aromatic carbocycles. The molecule has 24 heavy (non-hydrogen) atoms. The zero-order valence-corrected chi connectivity index (χ0v) is 13.9. The van der Waals surface area contributed by atoms with Crippen LogP contribution in [0.2, 0.25) is 5.02 Å². The van der Waals surface area contributed by atoms with Crippen LogP contribution in [0.1, 0.15) is 5.69 Å². The number of morpholine rings is 1. The summed E-state index contributed by atoms with van der Waals surface area (Å²) in [6, 6.07) is 13.8. The lowest BCUT2D eigenvalue weighted by atomic mass is 10.2. The van der Waals surface area contributed by atoms with Crippen molar-refractivity contribution in [3.63, 3.8) is 0 Å². The molecule has 0 unspecified atom stereocenters. The summed E-state index contributed by atoms with van der Waals surface area (Å²) in [5.41, 5.74) is 2.90. The smallest absolute Gasteiger partial charge is 0.145 e. The van der Waals surface area contributed by atoms with Crippen molar-refractivity contribution in [2.45, 2.75) is 0 Å². The zero-order chi connectivity index (χ0) is 16.4. The summed E-state index contributed by atoms with van der Waals surface area (Å²) < 4.78 is 7.42. The van der Waals surface area contributed by atoms with E-state index in [-0.39, 0.29) is 0 Å². The number of halogens is 1. The molecule has 1 aliphatic rings. The Balaban J connectivity index is 1.73. The first-order chi connectivity index (χ1) is 11.8. The Morgan fingerprint density at radius 2 is 1.88 bits per heavy atom. The van der Waals surface area contributed by atoms with Crippen molar-refractivity contribution in [2.24, 2.45) is 5.10 Å². The van der Waals surface area contributed by atoms with Crippen LogP contribution in [0.15, 0.2) is 53.8 Å². The van der Waals surface area contributed by atoms with Gasteiger partial charge in [-0.25, -0.2) is 4.98 Å². The van der Waals surface area contributed by atoms with Crippen molar-refractivity contribution in [1.29, 1.82) is 0 Å². The van der Waals surface area contributed by atoms with Crippen LogP contribution in [0.5, 0.6) is 0 Å². The number of pyridine rings is 1. The predicted octanol–water partition coefficient (Wildman–Crippen LogP) is 3.32. The Hall–Kier alpha value is -2.37. The van der Waals surface area contributed by atoms with E-state index in [9.17, 15) is 0 Å². The molecule has 0 bridgehead atoms. The first kappa shape index (κ1) is 15.2. The maximum Gasteiger partial charge on any atom is 0.145 e. The molecule has 0 amide bonds. The van der Waals surface area contributed by atoms with E-state index >= 15 is 0 Å². The van der Waals surface area contributed by atoms with Crippen molar-refractivity contribution in [1.82, 2.24) is 14.4 Å². The fourth-order valence-corrected chi connectivity index (χ4v) is 2.89. The van der Waals surface area contributed by atoms with E-state index in [1.807, 2.05) is 59.9 Å². The van der Waals surface area contributed by atoms with Crippen molar-refractivity contribution in [3.8, 4) is 11.4 Å². The molecular weight excluding hydrogens is 324 g/mol. The number of aromatic nitrogens is 2. The minimum Gasteiger partial charge on any atom is -0.378 e. The number of benzene rings is 1. The highest BCUT2D eigenvalue weighted by Crippen LogP contribution is 2.23. The summed E-state index contributed by atoms with van der Waals surface area (Å²) >= 11 is 5.99. The second-order valence-electron chi connectivity index (χ2n) is 5.59. The summed E-state index contributed by atoms with van der Waals surface area (Å²) in [6.45, 7) is 3.06. The van der Waals surface area contributed by atoms with Gasteiger partial charge in [-0.2, -0.15) is 5.10 Å². The highest BCUT2D eigenvalue weighted by atomic mass is 35.5. The third-order valence-electron chi connectivity index (χ3n) is 4.01. The standard InChI is InChI=1S/C18H17ClN4O/c19-15-6-4-14(5-7-15)18-21-16(17-3-1-2-8-23(17)18)13-20-22-9-11-24-12-10-22/h1-8,13H,9-12H2/b20-13-. The maximum absolute atomic E-state index is 5.99. The monoisotopic (exact) mass is 340 g/mol. The van der Waals surface area contributed by atoms with Crippen LogP contribution >= 0.6 is 11.6 Å². The lowest BCUT2D eigenvalue weighted by molar-refractivity contribution is 0.0397. The molecule has 3 heterocycles. The predicted molar refractivity (Wildman–Crippen MR) is 95.6 cm³/mol. The van der Waals surface area contributed by atoms with E-state index < -0.39 is 0 Å². The number of imidazole rings is 1. The molecule has 6 heteroatoms. The number of fused-ring (bicyclic) bond motifs is 1. The Bertz CT molecular complexity index is 866. The van der Waals surface area contributed by atoms with Gasteiger partial charge >= 0.3 is 0 Å². The van der Waals surface area contributed by atoms with Gasteiger partial charge in [0.15, 0.2) is 0 Å². The highest BCUT2D eigenvalue weighted by molar-refractivity contribution is 6.30. The van der Waals surface area contributed by atoms with Gasteiger partial charge < -0.3 is 4.74 Å². The molecule has 3 aromatic rings. The molecule has 0 saturated carbocycles. The van der Waals surface area contributed by atoms with Gasteiger partial charge in [-0.15, -0.1) is 0 Å². The largest absolute Gasteiger partial charge is 0.378 e. The molecule has 0 aliphatic carbocycles. The SMILES string of the molecule is Clc1ccc(-c2nc(/C=N\N3CCOCC3)c3ccccn23)cc1. The van der Waals surface area contributed by atoms with Gasteiger partial charge in [0.05, 0.1) is 38.0 Å². The third kappa shape index (κ3) is 3.00. The molecule has 122 valence electrons. The Morgan fingerprint density at radius 3 is 2.67 bits per heavy atom. The van der Waals surface area contributed by atoms with E-state index in [1.165, 1.54) is 0 Å². The molecule has 1 saturated heterocycles. The van der Waals surface area contributed by atoms with Gasteiger partial charge in [0.1, 0.15) is 11.5 Å². The first-order valence-corrected chi connectivity index (χ1v) is 8.29. The molecule has 1 aliphatic heterocycles. The fraction of sp³-hybridized carbons (Fsp3) is 0.222. The summed E-state index contributed by atoms with van der Waals surface area (Å²) in [5.74, 6) is 0.880. The van der Waals surface area contributed by atoms with Gasteiger partial charge in [-0.1, -0.05) is 17.7 Å². The van der Waals surface area contributed by atoms with Gasteiger partial charge in [-0.05, 0) is 36.4 Å². The number of nitrogens with zero attached hydrogens (tertiary/aromatic N) is 4. The fourth-order valence-electron chi connectivity index (χ4n) is 2.76. The number of hydrogen-bond donors (Lipinski definition) is 0. The van der Waals surface area contributed by atoms with Crippen molar-refractivity contribution < 1.29 is 4.74 Å². The number of ether oxygens (including phenoxy) is 1. The van der Waals surface area contributed by atoms with Crippen molar-refractivity contribution in [2.75, 3.05) is 26.3 Å². The molecule has 0 radical (unpaired) electrons. The minimum absolute atomic E-state index is 0.716. The highest BCUT2D eigenvalue weighted by Gasteiger charge is 2.12. The quantitative estimate of drug-likeness (QED) is 0.687. The molecule has 2 aromatic heterocycles. The second-order valence-corrected chi connectivity index (χ2v) is 6.03. The summed E-state index contributed by atoms with van der Waals surface area (Å²) in [6.07, 6.45) is 3.85. The Labute approximate surface area is 145 Å². The lowest BCUT2D eigenvalue weighted by Gasteiger charge is -2.23. The lowest BCUT2D eigenvalue weighted by Crippen LogP contribution is -2.32. The van der Waals surface area contributed by atoms with Crippen molar-refractivity contribution >= 4 is 23.3 Å². The van der Waals surface area contributed by atoms with E-state index in [1.54, 1.807) is 0 Å². The van der Waals surface area contributed by atoms with Crippen LogP contribution in [-0.2, 0) is 4.74 Å². The normalized spacial score (nSPS) is 15.5. The summed E-state index contributed by atoms with van der Waals surface area (Å²) in [5, 5.41) is 7.29. The topological polar surface area (TPSA) is 42.1 Å². The molecule has 1 fully saturated rings. The van der Waals surface area contributed by atoms with E-state index in [2.05, 4.69) is 9.50 Å². The average Bonchev–Trinajstić information content (AvgIpc) is 3.00. The Kier molecular flexibility index (Phi) is 4.19. The van der Waals surface area contributed by atoms with Gasteiger partial charge in [-0.3, -0.25) is 9.41 Å². The molecule has 4 rings (SSSR count). The molecular formula is C18H17ClN4O. The zero-order valence-electron chi connectivity index (χ0n) is 13.1.